The van der Waals surface area contributed by atoms with Crippen molar-refractivity contribution in [2.24, 2.45) is 0 Å². The van der Waals surface area contributed by atoms with Crippen LogP contribution in [0, 0.1) is 0 Å². The van der Waals surface area contributed by atoms with Gasteiger partial charge in [-0.1, -0.05) is 31.9 Å². The second kappa shape index (κ2) is 10.4. The van der Waals surface area contributed by atoms with Gasteiger partial charge >= 0.3 is 0 Å². The van der Waals surface area contributed by atoms with E-state index in [1.807, 2.05) is 0 Å². The number of carbonyl (C=O) groups excluding carboxylic acids is 1. The topological polar surface area (TPSA) is 70.9 Å². The molecule has 0 radical (unpaired) electrons. The smallest absolute Gasteiger partial charge is 0.279 e. The summed E-state index contributed by atoms with van der Waals surface area (Å²) in [5.74, 6) is -0.134. The highest BCUT2D eigenvalue weighted by molar-refractivity contribution is 7.89. The van der Waals surface area contributed by atoms with E-state index in [9.17, 15) is 13.2 Å². The van der Waals surface area contributed by atoms with Gasteiger partial charge in [-0.3, -0.25) is 4.79 Å². The molecule has 0 bridgehead atoms. The lowest BCUT2D eigenvalue weighted by Gasteiger charge is -2.22. The van der Waals surface area contributed by atoms with E-state index in [1.54, 1.807) is 13.8 Å². The maximum atomic E-state index is 12.7. The summed E-state index contributed by atoms with van der Waals surface area (Å²) in [6.45, 7) is 6.75. The van der Waals surface area contributed by atoms with Crippen LogP contribution >= 0.6 is 11.6 Å². The van der Waals surface area contributed by atoms with Crippen molar-refractivity contribution < 1.29 is 18.1 Å². The van der Waals surface area contributed by atoms with Crippen LogP contribution in [0.1, 0.15) is 46.0 Å². The third-order valence-electron chi connectivity index (χ3n) is 5.03. The zero-order chi connectivity index (χ0) is 19.9. The second-order valence-corrected chi connectivity index (χ2v) is 9.32. The van der Waals surface area contributed by atoms with E-state index in [2.05, 4.69) is 5.32 Å². The second-order valence-electron chi connectivity index (χ2n) is 6.97. The molecule has 0 aromatic heterocycles. The standard InChI is InChI=1S/C19H30ClN3O3S/c1-3-23(4-2)27(25,26)16-10-11-17(20)18(14-16)21-19(24)15-22-12-8-6-5-7-9-13-22/h10-11,14H,3-9,12-13,15H2,1-2H3,(H,21,24)/p+1. The molecule has 1 amide bonds. The summed E-state index contributed by atoms with van der Waals surface area (Å²) >= 11 is 6.20. The van der Waals surface area contributed by atoms with Gasteiger partial charge in [0, 0.05) is 13.1 Å². The Morgan fingerprint density at radius 2 is 1.70 bits per heavy atom. The van der Waals surface area contributed by atoms with Gasteiger partial charge in [0.1, 0.15) is 0 Å². The number of nitrogens with zero attached hydrogens (tertiary/aromatic N) is 1. The SMILES string of the molecule is CCN(CC)S(=O)(=O)c1ccc(Cl)c(NC(=O)C[NH+]2CCCCCCC2)c1. The van der Waals surface area contributed by atoms with Crippen molar-refractivity contribution in [3.63, 3.8) is 0 Å². The minimum Gasteiger partial charge on any atom is -0.327 e. The number of hydrogen-bond acceptors (Lipinski definition) is 3. The van der Waals surface area contributed by atoms with Crippen LogP contribution in [-0.2, 0) is 14.8 Å². The highest BCUT2D eigenvalue weighted by Gasteiger charge is 2.23. The number of sulfonamides is 1. The van der Waals surface area contributed by atoms with Crippen LogP contribution in [0.5, 0.6) is 0 Å². The summed E-state index contributed by atoms with van der Waals surface area (Å²) in [6, 6.07) is 4.46. The minimum atomic E-state index is -3.59. The largest absolute Gasteiger partial charge is 0.327 e. The highest BCUT2D eigenvalue weighted by Crippen LogP contribution is 2.26. The summed E-state index contributed by atoms with van der Waals surface area (Å²) in [5.41, 5.74) is 0.348. The summed E-state index contributed by atoms with van der Waals surface area (Å²) in [7, 11) is -3.59. The summed E-state index contributed by atoms with van der Waals surface area (Å²) in [5, 5.41) is 3.14. The molecular formula is C19H31ClN3O3S+. The van der Waals surface area contributed by atoms with Crippen molar-refractivity contribution in [3.8, 4) is 0 Å². The molecule has 0 saturated carbocycles. The number of carbonyl (C=O) groups is 1. The normalized spacial score (nSPS) is 16.7. The van der Waals surface area contributed by atoms with Crippen LogP contribution in [0.2, 0.25) is 5.02 Å². The van der Waals surface area contributed by atoms with Gasteiger partial charge < -0.3 is 10.2 Å². The molecule has 6 nitrogen and oxygen atoms in total. The maximum Gasteiger partial charge on any atom is 0.279 e. The van der Waals surface area contributed by atoms with Gasteiger partial charge in [-0.25, -0.2) is 8.42 Å². The average Bonchev–Trinajstić information content (AvgIpc) is 2.59. The van der Waals surface area contributed by atoms with E-state index < -0.39 is 10.0 Å². The van der Waals surface area contributed by atoms with Crippen LogP contribution in [0.4, 0.5) is 5.69 Å². The van der Waals surface area contributed by atoms with Crippen molar-refractivity contribution in [1.82, 2.24) is 4.31 Å². The van der Waals surface area contributed by atoms with E-state index >= 15 is 0 Å². The van der Waals surface area contributed by atoms with Gasteiger partial charge in [0.25, 0.3) is 5.91 Å². The number of quaternary nitrogens is 1. The predicted molar refractivity (Wildman–Crippen MR) is 109 cm³/mol. The first kappa shape index (κ1) is 22.1. The molecule has 8 heteroatoms. The lowest BCUT2D eigenvalue weighted by molar-refractivity contribution is -0.892. The van der Waals surface area contributed by atoms with Gasteiger partial charge in [-0.05, 0) is 43.9 Å². The fourth-order valence-electron chi connectivity index (χ4n) is 3.48. The van der Waals surface area contributed by atoms with Crippen molar-refractivity contribution >= 4 is 33.2 Å². The molecule has 0 unspecified atom stereocenters. The molecule has 0 atom stereocenters. The molecule has 1 heterocycles. The van der Waals surface area contributed by atoms with E-state index in [4.69, 9.17) is 11.6 Å². The lowest BCUT2D eigenvalue weighted by atomic mass is 10.1. The van der Waals surface area contributed by atoms with Crippen LogP contribution in [0.3, 0.4) is 0 Å². The Hall–Kier alpha value is -1.15. The number of amides is 1. The number of likely N-dealkylation sites (tertiary alicyclic amines) is 1. The molecule has 1 aliphatic heterocycles. The first-order valence-electron chi connectivity index (χ1n) is 9.81. The van der Waals surface area contributed by atoms with Crippen molar-refractivity contribution in [2.45, 2.75) is 50.8 Å². The van der Waals surface area contributed by atoms with Crippen LogP contribution in [-0.4, -0.2) is 51.4 Å². The zero-order valence-electron chi connectivity index (χ0n) is 16.3. The third-order valence-corrected chi connectivity index (χ3v) is 7.40. The molecule has 2 N–H and O–H groups in total. The van der Waals surface area contributed by atoms with Crippen LogP contribution in [0.25, 0.3) is 0 Å². The Bertz CT molecular complexity index is 728. The van der Waals surface area contributed by atoms with Crippen LogP contribution in [0.15, 0.2) is 23.1 Å². The number of nitrogens with one attached hydrogen (secondary N) is 2. The summed E-state index contributed by atoms with van der Waals surface area (Å²) in [4.78, 5) is 13.9. The number of hydrogen-bond donors (Lipinski definition) is 2. The molecule has 1 fully saturated rings. The average molecular weight is 417 g/mol. The number of halogens is 1. The molecule has 1 saturated heterocycles. The molecule has 1 aliphatic rings. The van der Waals surface area contributed by atoms with Gasteiger partial charge in [-0.2, -0.15) is 4.31 Å². The maximum absolute atomic E-state index is 12.7. The molecule has 1 aromatic carbocycles. The summed E-state index contributed by atoms with van der Waals surface area (Å²) in [6.07, 6.45) is 6.01. The van der Waals surface area contributed by atoms with Gasteiger partial charge in [-0.15, -0.1) is 0 Å². The van der Waals surface area contributed by atoms with Crippen molar-refractivity contribution in [2.75, 3.05) is 38.0 Å². The fraction of sp³-hybridized carbons (Fsp3) is 0.632. The van der Waals surface area contributed by atoms with E-state index in [-0.39, 0.29) is 10.8 Å². The van der Waals surface area contributed by atoms with Crippen LogP contribution < -0.4 is 10.2 Å². The van der Waals surface area contributed by atoms with Gasteiger partial charge in [0.05, 0.1) is 28.7 Å². The molecule has 27 heavy (non-hydrogen) atoms. The number of rotatable bonds is 7. The molecule has 0 spiro atoms. The van der Waals surface area contributed by atoms with E-state index in [0.717, 1.165) is 25.9 Å². The Morgan fingerprint density at radius 3 is 2.30 bits per heavy atom. The Labute approximate surface area is 167 Å². The Kier molecular flexibility index (Phi) is 8.54. The quantitative estimate of drug-likeness (QED) is 0.715. The molecule has 2 rings (SSSR count). The minimum absolute atomic E-state index is 0.134. The third kappa shape index (κ3) is 6.17. The van der Waals surface area contributed by atoms with Crippen molar-refractivity contribution in [1.29, 1.82) is 0 Å². The van der Waals surface area contributed by atoms with Crippen molar-refractivity contribution in [3.05, 3.63) is 23.2 Å². The fourth-order valence-corrected chi connectivity index (χ4v) is 5.13. The molecule has 152 valence electrons. The number of anilines is 1. The zero-order valence-corrected chi connectivity index (χ0v) is 17.8. The summed E-state index contributed by atoms with van der Waals surface area (Å²) < 4.78 is 26.8. The van der Waals surface area contributed by atoms with Gasteiger partial charge in [0.2, 0.25) is 10.0 Å². The first-order valence-corrected chi connectivity index (χ1v) is 11.6. The Balaban J connectivity index is 2.10. The first-order chi connectivity index (χ1) is 12.9. The monoisotopic (exact) mass is 416 g/mol. The molecular weight excluding hydrogens is 386 g/mol. The van der Waals surface area contributed by atoms with Gasteiger partial charge in [0.15, 0.2) is 6.54 Å². The molecule has 0 aliphatic carbocycles. The van der Waals surface area contributed by atoms with E-state index in [0.29, 0.717) is 30.3 Å². The lowest BCUT2D eigenvalue weighted by Crippen LogP contribution is -3.13. The highest BCUT2D eigenvalue weighted by atomic mass is 35.5. The number of benzene rings is 1. The Morgan fingerprint density at radius 1 is 1.11 bits per heavy atom. The predicted octanol–water partition coefficient (Wildman–Crippen LogP) is 2.16. The molecule has 1 aromatic rings. The van der Waals surface area contributed by atoms with E-state index in [1.165, 1.54) is 46.7 Å².